The van der Waals surface area contributed by atoms with Crippen molar-refractivity contribution in [3.05, 3.63) is 35.4 Å². The van der Waals surface area contributed by atoms with E-state index in [2.05, 4.69) is 0 Å². The van der Waals surface area contributed by atoms with Crippen LogP contribution < -0.4 is 0 Å². The molecule has 0 aliphatic carbocycles. The standard InChI is InChI=1S/C12H15F3O4S/c1-9-2-4-10(5-3-9)8-19-7-6-11(13)12(14,15)20(16,17)18/h2-5,11H,6-8H2,1H3,(H,16,17,18). The molecule has 1 N–H and O–H groups in total. The maximum Gasteiger partial charge on any atom is 0.400 e. The Hall–Kier alpha value is -1.12. The Morgan fingerprint density at radius 1 is 1.30 bits per heavy atom. The largest absolute Gasteiger partial charge is 0.400 e. The van der Waals surface area contributed by atoms with Crippen molar-refractivity contribution in [2.24, 2.45) is 0 Å². The van der Waals surface area contributed by atoms with Gasteiger partial charge in [0.05, 0.1) is 13.2 Å². The van der Waals surface area contributed by atoms with Gasteiger partial charge in [0.1, 0.15) is 0 Å². The van der Waals surface area contributed by atoms with Gasteiger partial charge in [-0.25, -0.2) is 4.39 Å². The molecular weight excluding hydrogens is 297 g/mol. The molecule has 1 aromatic rings. The van der Waals surface area contributed by atoms with Crippen LogP contribution in [0.5, 0.6) is 0 Å². The second-order valence-corrected chi connectivity index (χ2v) is 5.83. The van der Waals surface area contributed by atoms with E-state index in [9.17, 15) is 21.6 Å². The van der Waals surface area contributed by atoms with Gasteiger partial charge in [0.25, 0.3) is 0 Å². The van der Waals surface area contributed by atoms with Crippen LogP contribution in [0, 0.1) is 6.92 Å². The van der Waals surface area contributed by atoms with Gasteiger partial charge in [-0.2, -0.15) is 17.2 Å². The van der Waals surface area contributed by atoms with Gasteiger partial charge in [-0.15, -0.1) is 0 Å². The molecule has 1 aromatic carbocycles. The molecule has 0 fully saturated rings. The molecule has 0 bridgehead atoms. The molecule has 0 aliphatic rings. The van der Waals surface area contributed by atoms with E-state index in [0.29, 0.717) is 0 Å². The summed E-state index contributed by atoms with van der Waals surface area (Å²) in [5.41, 5.74) is 1.83. The van der Waals surface area contributed by atoms with Crippen LogP contribution >= 0.6 is 0 Å². The quantitative estimate of drug-likeness (QED) is 0.621. The number of aryl methyl sites for hydroxylation is 1. The number of rotatable bonds is 7. The molecule has 0 amide bonds. The van der Waals surface area contributed by atoms with Crippen LogP contribution in [0.4, 0.5) is 13.2 Å². The molecule has 1 unspecified atom stereocenters. The third-order valence-electron chi connectivity index (χ3n) is 2.61. The molecule has 8 heteroatoms. The number of hydrogen-bond donors (Lipinski definition) is 1. The molecule has 0 saturated carbocycles. The Morgan fingerprint density at radius 3 is 2.35 bits per heavy atom. The number of hydrogen-bond acceptors (Lipinski definition) is 3. The van der Waals surface area contributed by atoms with Crippen molar-refractivity contribution in [3.63, 3.8) is 0 Å². The van der Waals surface area contributed by atoms with E-state index in [1.807, 2.05) is 19.1 Å². The summed E-state index contributed by atoms with van der Waals surface area (Å²) < 4.78 is 72.6. The summed E-state index contributed by atoms with van der Waals surface area (Å²) in [6.45, 7) is 1.61. The second kappa shape index (κ2) is 6.55. The Morgan fingerprint density at radius 2 is 1.85 bits per heavy atom. The first-order valence-corrected chi connectivity index (χ1v) is 7.21. The Bertz CT molecular complexity index is 528. The highest BCUT2D eigenvalue weighted by molar-refractivity contribution is 7.86. The summed E-state index contributed by atoms with van der Waals surface area (Å²) in [6.07, 6.45) is -3.85. The Balaban J connectivity index is 2.39. The first kappa shape index (κ1) is 16.9. The Kier molecular flexibility index (Phi) is 5.55. The molecule has 1 rings (SSSR count). The number of ether oxygens (including phenoxy) is 1. The zero-order valence-electron chi connectivity index (χ0n) is 10.7. The lowest BCUT2D eigenvalue weighted by molar-refractivity contribution is -0.0204. The van der Waals surface area contributed by atoms with Gasteiger partial charge in [-0.05, 0) is 12.5 Å². The highest BCUT2D eigenvalue weighted by atomic mass is 32.2. The van der Waals surface area contributed by atoms with E-state index in [0.717, 1.165) is 11.1 Å². The number of alkyl halides is 3. The van der Waals surface area contributed by atoms with Crippen LogP contribution in [0.1, 0.15) is 17.5 Å². The van der Waals surface area contributed by atoms with Gasteiger partial charge in [-0.3, -0.25) is 4.55 Å². The summed E-state index contributed by atoms with van der Waals surface area (Å²) in [7, 11) is -5.76. The highest BCUT2D eigenvalue weighted by Gasteiger charge is 2.52. The summed E-state index contributed by atoms with van der Waals surface area (Å²) >= 11 is 0. The fraction of sp³-hybridized carbons (Fsp3) is 0.500. The van der Waals surface area contributed by atoms with Crippen molar-refractivity contribution in [2.75, 3.05) is 6.61 Å². The van der Waals surface area contributed by atoms with E-state index >= 15 is 0 Å². The van der Waals surface area contributed by atoms with E-state index in [-0.39, 0.29) is 13.2 Å². The molecular formula is C12H15F3O4S. The van der Waals surface area contributed by atoms with Crippen molar-refractivity contribution >= 4 is 10.1 Å². The molecule has 0 spiro atoms. The maximum absolute atomic E-state index is 13.1. The summed E-state index contributed by atoms with van der Waals surface area (Å²) in [6, 6.07) is 7.22. The van der Waals surface area contributed by atoms with Crippen molar-refractivity contribution < 1.29 is 30.9 Å². The van der Waals surface area contributed by atoms with Crippen molar-refractivity contribution in [1.29, 1.82) is 0 Å². The van der Waals surface area contributed by atoms with E-state index < -0.39 is 28.0 Å². The fourth-order valence-corrected chi connectivity index (χ4v) is 1.83. The van der Waals surface area contributed by atoms with Gasteiger partial charge >= 0.3 is 15.4 Å². The lowest BCUT2D eigenvalue weighted by atomic mass is 10.2. The van der Waals surface area contributed by atoms with E-state index in [4.69, 9.17) is 9.29 Å². The van der Waals surface area contributed by atoms with Crippen LogP contribution in [-0.2, 0) is 21.5 Å². The molecule has 1 atom stereocenters. The Labute approximate surface area is 115 Å². The molecule has 0 aliphatic heterocycles. The first-order chi connectivity index (χ1) is 9.14. The first-order valence-electron chi connectivity index (χ1n) is 5.77. The minimum Gasteiger partial charge on any atom is -0.377 e. The monoisotopic (exact) mass is 312 g/mol. The predicted octanol–water partition coefficient (Wildman–Crippen LogP) is 2.72. The normalized spacial score (nSPS) is 14.2. The third-order valence-corrected chi connectivity index (χ3v) is 3.56. The smallest absolute Gasteiger partial charge is 0.377 e. The van der Waals surface area contributed by atoms with Crippen LogP contribution in [-0.4, -0.2) is 31.0 Å². The zero-order chi connectivity index (χ0) is 15.4. The van der Waals surface area contributed by atoms with Crippen LogP contribution in [0.2, 0.25) is 0 Å². The van der Waals surface area contributed by atoms with Gasteiger partial charge in [0.2, 0.25) is 0 Å². The minimum atomic E-state index is -5.76. The molecule has 0 radical (unpaired) electrons. The van der Waals surface area contributed by atoms with Crippen molar-refractivity contribution in [3.8, 4) is 0 Å². The second-order valence-electron chi connectivity index (χ2n) is 4.33. The van der Waals surface area contributed by atoms with Crippen LogP contribution in [0.25, 0.3) is 0 Å². The average Bonchev–Trinajstić information content (AvgIpc) is 2.35. The predicted molar refractivity (Wildman–Crippen MR) is 66.8 cm³/mol. The fourth-order valence-electron chi connectivity index (χ4n) is 1.39. The SMILES string of the molecule is Cc1ccc(COCCC(F)C(F)(F)S(=O)(=O)O)cc1. The van der Waals surface area contributed by atoms with Crippen LogP contribution in [0.15, 0.2) is 24.3 Å². The third kappa shape index (κ3) is 4.46. The lowest BCUT2D eigenvalue weighted by Gasteiger charge is -2.17. The van der Waals surface area contributed by atoms with Crippen molar-refractivity contribution in [2.45, 2.75) is 31.4 Å². The minimum absolute atomic E-state index is 0.102. The highest BCUT2D eigenvalue weighted by Crippen LogP contribution is 2.29. The topological polar surface area (TPSA) is 63.6 Å². The molecule has 114 valence electrons. The molecule has 0 aromatic heterocycles. The van der Waals surface area contributed by atoms with E-state index in [1.165, 1.54) is 0 Å². The molecule has 0 saturated heterocycles. The van der Waals surface area contributed by atoms with E-state index in [1.54, 1.807) is 12.1 Å². The van der Waals surface area contributed by atoms with Gasteiger partial charge in [-0.1, -0.05) is 29.8 Å². The van der Waals surface area contributed by atoms with Gasteiger partial charge in [0, 0.05) is 6.42 Å². The number of halogens is 3. The maximum atomic E-state index is 13.1. The molecule has 4 nitrogen and oxygen atoms in total. The lowest BCUT2D eigenvalue weighted by Crippen LogP contribution is -2.39. The van der Waals surface area contributed by atoms with Gasteiger partial charge < -0.3 is 4.74 Å². The molecule has 0 heterocycles. The summed E-state index contributed by atoms with van der Waals surface area (Å²) in [5.74, 6) is 0. The van der Waals surface area contributed by atoms with Crippen molar-refractivity contribution in [1.82, 2.24) is 0 Å². The summed E-state index contributed by atoms with van der Waals surface area (Å²) in [4.78, 5) is 0. The zero-order valence-corrected chi connectivity index (χ0v) is 11.5. The average molecular weight is 312 g/mol. The van der Waals surface area contributed by atoms with Crippen LogP contribution in [0.3, 0.4) is 0 Å². The van der Waals surface area contributed by atoms with Gasteiger partial charge in [0.15, 0.2) is 6.17 Å². The number of benzene rings is 1. The summed E-state index contributed by atoms with van der Waals surface area (Å²) in [5, 5.41) is -4.82. The molecule has 20 heavy (non-hydrogen) atoms.